The van der Waals surface area contributed by atoms with Crippen LogP contribution in [-0.2, 0) is 10.0 Å². The molecule has 96 valence electrons. The average molecular weight is 260 g/mol. The summed E-state index contributed by atoms with van der Waals surface area (Å²) < 4.78 is 38.1. The fraction of sp³-hybridized carbons (Fsp3) is 0.455. The van der Waals surface area contributed by atoms with E-state index in [1.54, 1.807) is 13.0 Å². The second-order valence-corrected chi connectivity index (χ2v) is 5.78. The van der Waals surface area contributed by atoms with E-state index in [1.807, 2.05) is 0 Å². The fourth-order valence-electron chi connectivity index (χ4n) is 1.45. The maximum absolute atomic E-state index is 13.1. The second-order valence-electron chi connectivity index (χ2n) is 3.59. The van der Waals surface area contributed by atoms with Crippen molar-refractivity contribution in [3.8, 4) is 0 Å². The molecule has 0 spiro atoms. The summed E-state index contributed by atoms with van der Waals surface area (Å²) >= 11 is 0. The van der Waals surface area contributed by atoms with Crippen molar-refractivity contribution in [2.75, 3.05) is 23.1 Å². The van der Waals surface area contributed by atoms with Crippen molar-refractivity contribution in [1.29, 1.82) is 0 Å². The highest BCUT2D eigenvalue weighted by molar-refractivity contribution is 7.92. The number of sulfonamides is 1. The standard InChI is InChI=1S/C11H17FN2O2S/c1-2-17(15,16)14(8-4-7-13)11-6-3-5-10(12)9-11/h3,5-6,9H,2,4,7-8,13H2,1H3. The molecule has 1 rings (SSSR count). The molecule has 4 nitrogen and oxygen atoms in total. The Morgan fingerprint density at radius 2 is 2.12 bits per heavy atom. The molecule has 0 aliphatic rings. The zero-order valence-corrected chi connectivity index (χ0v) is 10.6. The minimum atomic E-state index is -3.39. The average Bonchev–Trinajstić information content (AvgIpc) is 2.29. The molecule has 0 unspecified atom stereocenters. The normalized spacial score (nSPS) is 11.5. The van der Waals surface area contributed by atoms with Gasteiger partial charge in [0.25, 0.3) is 0 Å². The first-order valence-corrected chi connectivity index (χ1v) is 7.08. The van der Waals surface area contributed by atoms with Crippen LogP contribution >= 0.6 is 0 Å². The molecule has 1 aromatic rings. The van der Waals surface area contributed by atoms with E-state index in [4.69, 9.17) is 5.73 Å². The summed E-state index contributed by atoms with van der Waals surface area (Å²) in [6, 6.07) is 5.56. The topological polar surface area (TPSA) is 63.4 Å². The summed E-state index contributed by atoms with van der Waals surface area (Å²) in [7, 11) is -3.39. The van der Waals surface area contributed by atoms with Crippen LogP contribution in [0.15, 0.2) is 24.3 Å². The van der Waals surface area contributed by atoms with E-state index in [0.717, 1.165) is 0 Å². The van der Waals surface area contributed by atoms with Crippen LogP contribution in [0.3, 0.4) is 0 Å². The predicted molar refractivity (Wildman–Crippen MR) is 66.9 cm³/mol. The summed E-state index contributed by atoms with van der Waals surface area (Å²) in [5, 5.41) is 0. The van der Waals surface area contributed by atoms with Gasteiger partial charge in [0.15, 0.2) is 0 Å². The van der Waals surface area contributed by atoms with E-state index in [2.05, 4.69) is 0 Å². The van der Waals surface area contributed by atoms with Crippen LogP contribution in [0, 0.1) is 5.82 Å². The Morgan fingerprint density at radius 1 is 1.41 bits per heavy atom. The van der Waals surface area contributed by atoms with Gasteiger partial charge >= 0.3 is 0 Å². The van der Waals surface area contributed by atoms with E-state index in [-0.39, 0.29) is 12.3 Å². The van der Waals surface area contributed by atoms with Crippen molar-refractivity contribution >= 4 is 15.7 Å². The Kier molecular flexibility index (Phi) is 4.89. The molecule has 6 heteroatoms. The van der Waals surface area contributed by atoms with E-state index in [0.29, 0.717) is 18.7 Å². The second kappa shape index (κ2) is 5.97. The van der Waals surface area contributed by atoms with Crippen molar-refractivity contribution < 1.29 is 12.8 Å². The third-order valence-corrected chi connectivity index (χ3v) is 4.16. The van der Waals surface area contributed by atoms with Gasteiger partial charge in [-0.2, -0.15) is 0 Å². The summed E-state index contributed by atoms with van der Waals surface area (Å²) in [4.78, 5) is 0. The largest absolute Gasteiger partial charge is 0.330 e. The van der Waals surface area contributed by atoms with Gasteiger partial charge in [0.1, 0.15) is 5.82 Å². The molecular formula is C11H17FN2O2S. The number of halogens is 1. The van der Waals surface area contributed by atoms with Gasteiger partial charge in [-0.15, -0.1) is 0 Å². The van der Waals surface area contributed by atoms with Crippen LogP contribution < -0.4 is 10.0 Å². The number of hydrogen-bond acceptors (Lipinski definition) is 3. The molecule has 0 fully saturated rings. The van der Waals surface area contributed by atoms with Crippen molar-refractivity contribution in [1.82, 2.24) is 0 Å². The van der Waals surface area contributed by atoms with Gasteiger partial charge in [-0.3, -0.25) is 4.31 Å². The Balaban J connectivity index is 3.06. The van der Waals surface area contributed by atoms with Crippen LogP contribution in [0.1, 0.15) is 13.3 Å². The van der Waals surface area contributed by atoms with Gasteiger partial charge in [0, 0.05) is 6.54 Å². The molecule has 1 aromatic carbocycles. The highest BCUT2D eigenvalue weighted by Gasteiger charge is 2.20. The Bertz CT molecular complexity index is 462. The van der Waals surface area contributed by atoms with Gasteiger partial charge in [-0.25, -0.2) is 12.8 Å². The van der Waals surface area contributed by atoms with Crippen molar-refractivity contribution in [3.05, 3.63) is 30.1 Å². The van der Waals surface area contributed by atoms with Crippen LogP contribution in [0.4, 0.5) is 10.1 Å². The lowest BCUT2D eigenvalue weighted by atomic mass is 10.3. The predicted octanol–water partition coefficient (Wildman–Crippen LogP) is 1.33. The fourth-order valence-corrected chi connectivity index (χ4v) is 2.60. The first-order valence-electron chi connectivity index (χ1n) is 5.47. The van der Waals surface area contributed by atoms with Crippen molar-refractivity contribution in [2.24, 2.45) is 5.73 Å². The summed E-state index contributed by atoms with van der Waals surface area (Å²) in [6.45, 7) is 2.23. The smallest absolute Gasteiger partial charge is 0.234 e. The third-order valence-electron chi connectivity index (χ3n) is 2.36. The lowest BCUT2D eigenvalue weighted by Gasteiger charge is -2.23. The van der Waals surface area contributed by atoms with Gasteiger partial charge in [0.05, 0.1) is 11.4 Å². The van der Waals surface area contributed by atoms with Gasteiger partial charge in [-0.05, 0) is 38.1 Å². The molecule has 0 heterocycles. The van der Waals surface area contributed by atoms with Crippen LogP contribution in [-0.4, -0.2) is 27.3 Å². The summed E-state index contributed by atoms with van der Waals surface area (Å²) in [5.41, 5.74) is 5.72. The van der Waals surface area contributed by atoms with Gasteiger partial charge in [0.2, 0.25) is 10.0 Å². The quantitative estimate of drug-likeness (QED) is 0.839. The molecular weight excluding hydrogens is 243 g/mol. The number of nitrogens with two attached hydrogens (primary N) is 1. The van der Waals surface area contributed by atoms with E-state index >= 15 is 0 Å². The maximum atomic E-state index is 13.1. The molecule has 0 saturated heterocycles. The van der Waals surface area contributed by atoms with Crippen LogP contribution in [0.5, 0.6) is 0 Å². The highest BCUT2D eigenvalue weighted by atomic mass is 32.2. The van der Waals surface area contributed by atoms with E-state index in [9.17, 15) is 12.8 Å². The van der Waals surface area contributed by atoms with Gasteiger partial charge in [-0.1, -0.05) is 6.07 Å². The van der Waals surface area contributed by atoms with Crippen LogP contribution in [0.2, 0.25) is 0 Å². The SMILES string of the molecule is CCS(=O)(=O)N(CCCN)c1cccc(F)c1. The first-order chi connectivity index (χ1) is 8.01. The Morgan fingerprint density at radius 3 is 2.65 bits per heavy atom. The number of hydrogen-bond donors (Lipinski definition) is 1. The monoisotopic (exact) mass is 260 g/mol. The molecule has 0 radical (unpaired) electrons. The zero-order chi connectivity index (χ0) is 12.9. The summed E-state index contributed by atoms with van der Waals surface area (Å²) in [5.74, 6) is -0.472. The van der Waals surface area contributed by atoms with E-state index in [1.165, 1.54) is 22.5 Å². The maximum Gasteiger partial charge on any atom is 0.234 e. The Labute approximate surface area is 101 Å². The lowest BCUT2D eigenvalue weighted by Crippen LogP contribution is -2.34. The first kappa shape index (κ1) is 13.9. The third kappa shape index (κ3) is 3.67. The molecule has 0 aromatic heterocycles. The number of nitrogens with zero attached hydrogens (tertiary/aromatic N) is 1. The molecule has 0 saturated carbocycles. The van der Waals surface area contributed by atoms with Crippen molar-refractivity contribution in [3.63, 3.8) is 0 Å². The minimum Gasteiger partial charge on any atom is -0.330 e. The molecule has 0 aliphatic heterocycles. The van der Waals surface area contributed by atoms with Crippen LogP contribution in [0.25, 0.3) is 0 Å². The molecule has 0 aliphatic carbocycles. The number of rotatable bonds is 6. The molecule has 0 bridgehead atoms. The zero-order valence-electron chi connectivity index (χ0n) is 9.77. The highest BCUT2D eigenvalue weighted by Crippen LogP contribution is 2.19. The number of benzene rings is 1. The molecule has 0 atom stereocenters. The lowest BCUT2D eigenvalue weighted by molar-refractivity contribution is 0.590. The number of anilines is 1. The van der Waals surface area contributed by atoms with E-state index < -0.39 is 15.8 Å². The molecule has 2 N–H and O–H groups in total. The summed E-state index contributed by atoms with van der Waals surface area (Å²) in [6.07, 6.45) is 0.537. The Hall–Kier alpha value is -1.14. The molecule has 17 heavy (non-hydrogen) atoms. The molecule has 0 amide bonds. The van der Waals surface area contributed by atoms with Crippen molar-refractivity contribution in [2.45, 2.75) is 13.3 Å². The minimum absolute atomic E-state index is 0.0198. The van der Waals surface area contributed by atoms with Gasteiger partial charge < -0.3 is 5.73 Å².